The molecule has 0 amide bonds. The minimum absolute atomic E-state index is 0.372. The fourth-order valence-corrected chi connectivity index (χ4v) is 1.40. The highest BCUT2D eigenvalue weighted by molar-refractivity contribution is 6.34. The van der Waals surface area contributed by atoms with Gasteiger partial charge in [-0.1, -0.05) is 23.2 Å². The Morgan fingerprint density at radius 1 is 1.25 bits per heavy atom. The van der Waals surface area contributed by atoms with Crippen LogP contribution in [0, 0.1) is 17.8 Å². The lowest BCUT2D eigenvalue weighted by molar-refractivity contribution is 1.24. The van der Waals surface area contributed by atoms with Crippen molar-refractivity contribution < 1.29 is 0 Å². The lowest BCUT2D eigenvalue weighted by Crippen LogP contribution is -1.80. The Morgan fingerprint density at radius 2 is 1.83 bits per heavy atom. The van der Waals surface area contributed by atoms with E-state index in [2.05, 4.69) is 0 Å². The van der Waals surface area contributed by atoms with E-state index in [1.165, 1.54) is 0 Å². The van der Waals surface area contributed by atoms with Gasteiger partial charge >= 0.3 is 0 Å². The molecule has 0 aliphatic carbocycles. The molecule has 0 N–H and O–H groups in total. The number of nitriles is 1. The van der Waals surface area contributed by atoms with Crippen LogP contribution in [0.1, 0.15) is 12.0 Å². The molecule has 0 aliphatic heterocycles. The smallest absolute Gasteiger partial charge is 0.0628 e. The molecule has 12 heavy (non-hydrogen) atoms. The minimum Gasteiger partial charge on any atom is -0.198 e. The monoisotopic (exact) mass is 198 g/mol. The summed E-state index contributed by atoms with van der Waals surface area (Å²) in [5.41, 5.74) is 0.883. The molecule has 3 heteroatoms. The highest BCUT2D eigenvalue weighted by Gasteiger charge is 1.97. The van der Waals surface area contributed by atoms with Gasteiger partial charge in [0.25, 0.3) is 0 Å². The van der Waals surface area contributed by atoms with Crippen LogP contribution in [0.3, 0.4) is 0 Å². The van der Waals surface area contributed by atoms with Gasteiger partial charge in [-0.05, 0) is 23.8 Å². The number of benzene rings is 1. The van der Waals surface area contributed by atoms with E-state index in [1.54, 1.807) is 24.6 Å². The van der Waals surface area contributed by atoms with Crippen LogP contribution in [-0.2, 0) is 0 Å². The summed E-state index contributed by atoms with van der Waals surface area (Å²) in [4.78, 5) is 0. The largest absolute Gasteiger partial charge is 0.198 e. The van der Waals surface area contributed by atoms with Gasteiger partial charge in [0.1, 0.15) is 0 Å². The summed E-state index contributed by atoms with van der Waals surface area (Å²) in [6, 6.07) is 7.21. The molecule has 0 saturated carbocycles. The van der Waals surface area contributed by atoms with Gasteiger partial charge in [0.2, 0.25) is 0 Å². The zero-order chi connectivity index (χ0) is 8.97. The number of rotatable bonds is 2. The average molecular weight is 199 g/mol. The van der Waals surface area contributed by atoms with Crippen LogP contribution in [-0.4, -0.2) is 0 Å². The molecule has 0 fully saturated rings. The van der Waals surface area contributed by atoms with Gasteiger partial charge in [-0.25, -0.2) is 0 Å². The second kappa shape index (κ2) is 4.35. The average Bonchev–Trinajstić information content (AvgIpc) is 1.99. The predicted molar refractivity (Wildman–Crippen MR) is 50.1 cm³/mol. The van der Waals surface area contributed by atoms with Gasteiger partial charge in [0, 0.05) is 22.9 Å². The number of hydrogen-bond acceptors (Lipinski definition) is 1. The van der Waals surface area contributed by atoms with E-state index >= 15 is 0 Å². The first-order valence-corrected chi connectivity index (χ1v) is 4.14. The Kier molecular flexibility index (Phi) is 3.40. The van der Waals surface area contributed by atoms with Crippen LogP contribution in [0.2, 0.25) is 10.0 Å². The molecule has 0 heterocycles. The fraction of sp³-hybridized carbons (Fsp3) is 0.111. The third kappa shape index (κ3) is 2.73. The van der Waals surface area contributed by atoms with Crippen LogP contribution >= 0.6 is 23.2 Å². The quantitative estimate of drug-likeness (QED) is 0.715. The van der Waals surface area contributed by atoms with Crippen molar-refractivity contribution in [3.8, 4) is 6.07 Å². The number of hydrogen-bond donors (Lipinski definition) is 0. The summed E-state index contributed by atoms with van der Waals surface area (Å²) < 4.78 is 0. The zero-order valence-electron chi connectivity index (χ0n) is 6.22. The molecule has 61 valence electrons. The normalized spacial score (nSPS) is 9.42. The first-order chi connectivity index (χ1) is 5.72. The van der Waals surface area contributed by atoms with Crippen molar-refractivity contribution in [3.05, 3.63) is 40.2 Å². The maximum atomic E-state index is 8.32. The third-order valence-corrected chi connectivity index (χ3v) is 1.75. The van der Waals surface area contributed by atoms with E-state index in [-0.39, 0.29) is 0 Å². The van der Waals surface area contributed by atoms with Crippen LogP contribution in [0.15, 0.2) is 18.2 Å². The molecule has 1 aromatic rings. The lowest BCUT2D eigenvalue weighted by atomic mass is 10.1. The molecule has 0 saturated heterocycles. The van der Waals surface area contributed by atoms with Gasteiger partial charge in [-0.15, -0.1) is 0 Å². The standard InChI is InChI=1S/C9H6Cl2N/c10-8-4-7(2-1-3-12)5-9(11)6-8/h2,4-6H,1H2. The summed E-state index contributed by atoms with van der Waals surface area (Å²) in [5.74, 6) is 0. The maximum Gasteiger partial charge on any atom is 0.0628 e. The zero-order valence-corrected chi connectivity index (χ0v) is 7.73. The highest BCUT2D eigenvalue weighted by Crippen LogP contribution is 2.20. The van der Waals surface area contributed by atoms with Crippen LogP contribution in [0.5, 0.6) is 0 Å². The molecule has 1 nitrogen and oxygen atoms in total. The summed E-state index contributed by atoms with van der Waals surface area (Å²) in [7, 11) is 0. The second-order valence-corrected chi connectivity index (χ2v) is 3.14. The van der Waals surface area contributed by atoms with Crippen molar-refractivity contribution in [3.63, 3.8) is 0 Å². The van der Waals surface area contributed by atoms with E-state index in [1.807, 2.05) is 6.07 Å². The Balaban J connectivity index is 2.80. The summed E-state index contributed by atoms with van der Waals surface area (Å²) >= 11 is 11.5. The van der Waals surface area contributed by atoms with Gasteiger partial charge in [0.15, 0.2) is 0 Å². The minimum atomic E-state index is 0.372. The van der Waals surface area contributed by atoms with Gasteiger partial charge in [0.05, 0.1) is 6.07 Å². The highest BCUT2D eigenvalue weighted by atomic mass is 35.5. The van der Waals surface area contributed by atoms with E-state index < -0.39 is 0 Å². The molecule has 0 bridgehead atoms. The molecule has 0 aromatic heterocycles. The fourth-order valence-electron chi connectivity index (χ4n) is 0.857. The maximum absolute atomic E-state index is 8.32. The molecule has 0 aliphatic rings. The molecule has 1 rings (SSSR count). The number of nitrogens with zero attached hydrogens (tertiary/aromatic N) is 1. The Hall–Kier alpha value is -0.710. The van der Waals surface area contributed by atoms with Gasteiger partial charge < -0.3 is 0 Å². The van der Waals surface area contributed by atoms with E-state index in [0.29, 0.717) is 16.5 Å². The van der Waals surface area contributed by atoms with Crippen LogP contribution in [0.25, 0.3) is 0 Å². The number of halogens is 2. The van der Waals surface area contributed by atoms with Crippen molar-refractivity contribution in [1.82, 2.24) is 0 Å². The van der Waals surface area contributed by atoms with Gasteiger partial charge in [-0.2, -0.15) is 5.26 Å². The van der Waals surface area contributed by atoms with Crippen LogP contribution < -0.4 is 0 Å². The van der Waals surface area contributed by atoms with Crippen molar-refractivity contribution >= 4 is 23.2 Å². The predicted octanol–water partition coefficient (Wildman–Crippen LogP) is 3.46. The van der Waals surface area contributed by atoms with E-state index in [0.717, 1.165) is 5.56 Å². The topological polar surface area (TPSA) is 23.8 Å². The second-order valence-electron chi connectivity index (χ2n) is 2.27. The van der Waals surface area contributed by atoms with Crippen molar-refractivity contribution in [2.75, 3.05) is 0 Å². The Labute approximate surface area is 81.5 Å². The molecule has 1 radical (unpaired) electrons. The summed E-state index contributed by atoms with van der Waals surface area (Å²) in [6.07, 6.45) is 2.15. The van der Waals surface area contributed by atoms with E-state index in [4.69, 9.17) is 28.5 Å². The van der Waals surface area contributed by atoms with Crippen LogP contribution in [0.4, 0.5) is 0 Å². The Bertz CT molecular complexity index is 295. The first-order valence-electron chi connectivity index (χ1n) is 3.38. The van der Waals surface area contributed by atoms with Crippen molar-refractivity contribution in [2.45, 2.75) is 6.42 Å². The van der Waals surface area contributed by atoms with Crippen molar-refractivity contribution in [1.29, 1.82) is 5.26 Å². The van der Waals surface area contributed by atoms with E-state index in [9.17, 15) is 0 Å². The summed E-state index contributed by atoms with van der Waals surface area (Å²) in [5, 5.41) is 9.50. The molecular weight excluding hydrogens is 193 g/mol. The Morgan fingerprint density at radius 3 is 2.33 bits per heavy atom. The molecule has 0 spiro atoms. The molecule has 0 unspecified atom stereocenters. The van der Waals surface area contributed by atoms with Gasteiger partial charge in [-0.3, -0.25) is 0 Å². The van der Waals surface area contributed by atoms with Crippen molar-refractivity contribution in [2.24, 2.45) is 0 Å². The first kappa shape index (κ1) is 9.38. The summed E-state index contributed by atoms with van der Waals surface area (Å²) in [6.45, 7) is 0. The lowest BCUT2D eigenvalue weighted by Gasteiger charge is -1.98. The molecule has 1 aromatic carbocycles. The molecule has 0 atom stereocenters. The molecular formula is C9H6Cl2N. The SMILES string of the molecule is N#CC[CH]c1cc(Cl)cc(Cl)c1. The third-order valence-electron chi connectivity index (χ3n) is 1.31.